The lowest BCUT2D eigenvalue weighted by atomic mass is 9.95. The fourth-order valence-corrected chi connectivity index (χ4v) is 3.01. The van der Waals surface area contributed by atoms with Crippen molar-refractivity contribution in [3.8, 4) is 0 Å². The molecule has 0 radical (unpaired) electrons. The summed E-state index contributed by atoms with van der Waals surface area (Å²) in [6.45, 7) is 1.38. The predicted octanol–water partition coefficient (Wildman–Crippen LogP) is 2.08. The Hall–Kier alpha value is -1.65. The lowest BCUT2D eigenvalue weighted by Crippen LogP contribution is -2.47. The van der Waals surface area contributed by atoms with Gasteiger partial charge in [0.05, 0.1) is 6.04 Å². The molecule has 0 spiro atoms. The molecule has 98 valence electrons. The maximum Gasteiger partial charge on any atom is 0.237 e. The standard InChI is InChI=1S/C15H16N2OS/c18-15(17-8-11-5-6-19-10-11)14-7-12-3-1-2-4-13(12)9-16-14/h1-6,10,14,16H,7-9H2,(H,17,18)/t14-/m1/s1. The fourth-order valence-electron chi connectivity index (χ4n) is 2.35. The minimum atomic E-state index is -0.117. The van der Waals surface area contributed by atoms with Gasteiger partial charge in [-0.25, -0.2) is 0 Å². The monoisotopic (exact) mass is 272 g/mol. The van der Waals surface area contributed by atoms with Gasteiger partial charge in [-0.1, -0.05) is 24.3 Å². The predicted molar refractivity (Wildman–Crippen MR) is 76.9 cm³/mol. The Bertz CT molecular complexity index is 565. The normalized spacial score (nSPS) is 17.8. The van der Waals surface area contributed by atoms with Gasteiger partial charge in [-0.2, -0.15) is 11.3 Å². The zero-order valence-corrected chi connectivity index (χ0v) is 11.4. The van der Waals surface area contributed by atoms with Crippen LogP contribution in [0.5, 0.6) is 0 Å². The minimum absolute atomic E-state index is 0.0840. The minimum Gasteiger partial charge on any atom is -0.351 e. The van der Waals surface area contributed by atoms with Crippen molar-refractivity contribution in [3.05, 3.63) is 57.8 Å². The zero-order valence-electron chi connectivity index (χ0n) is 10.6. The molecule has 1 aromatic heterocycles. The number of fused-ring (bicyclic) bond motifs is 1. The number of carbonyl (C=O) groups excluding carboxylic acids is 1. The Balaban J connectivity index is 1.60. The van der Waals surface area contributed by atoms with Crippen LogP contribution in [0.4, 0.5) is 0 Å². The second-order valence-corrected chi connectivity index (χ2v) is 5.54. The third-order valence-corrected chi connectivity index (χ3v) is 4.18. The molecule has 0 fully saturated rings. The van der Waals surface area contributed by atoms with E-state index in [-0.39, 0.29) is 11.9 Å². The molecule has 19 heavy (non-hydrogen) atoms. The van der Waals surface area contributed by atoms with Crippen LogP contribution in [0.2, 0.25) is 0 Å². The Labute approximate surface area is 116 Å². The van der Waals surface area contributed by atoms with Crippen molar-refractivity contribution in [1.29, 1.82) is 0 Å². The molecule has 0 saturated heterocycles. The van der Waals surface area contributed by atoms with Gasteiger partial charge in [0.2, 0.25) is 5.91 Å². The highest BCUT2D eigenvalue weighted by Gasteiger charge is 2.23. The molecule has 0 aliphatic carbocycles. The van der Waals surface area contributed by atoms with Crippen molar-refractivity contribution >= 4 is 17.2 Å². The van der Waals surface area contributed by atoms with Crippen LogP contribution in [0, 0.1) is 0 Å². The molecule has 1 atom stereocenters. The van der Waals surface area contributed by atoms with E-state index in [0.717, 1.165) is 18.5 Å². The molecule has 3 rings (SSSR count). The van der Waals surface area contributed by atoms with Gasteiger partial charge in [0, 0.05) is 13.1 Å². The summed E-state index contributed by atoms with van der Waals surface area (Å²) in [5.74, 6) is 0.0840. The third kappa shape index (κ3) is 2.85. The van der Waals surface area contributed by atoms with Gasteiger partial charge in [-0.15, -0.1) is 0 Å². The van der Waals surface area contributed by atoms with Gasteiger partial charge in [-0.3, -0.25) is 4.79 Å². The van der Waals surface area contributed by atoms with Crippen LogP contribution in [-0.4, -0.2) is 11.9 Å². The van der Waals surface area contributed by atoms with Crippen LogP contribution in [0.1, 0.15) is 16.7 Å². The molecule has 0 saturated carbocycles. The number of benzene rings is 1. The van der Waals surface area contributed by atoms with Gasteiger partial charge in [0.1, 0.15) is 0 Å². The lowest BCUT2D eigenvalue weighted by molar-refractivity contribution is -0.123. The molecule has 0 unspecified atom stereocenters. The van der Waals surface area contributed by atoms with E-state index in [4.69, 9.17) is 0 Å². The van der Waals surface area contributed by atoms with Crippen molar-refractivity contribution in [1.82, 2.24) is 10.6 Å². The molecular weight excluding hydrogens is 256 g/mol. The molecule has 2 N–H and O–H groups in total. The Morgan fingerprint density at radius 3 is 2.95 bits per heavy atom. The van der Waals surface area contributed by atoms with E-state index in [9.17, 15) is 4.79 Å². The first-order chi connectivity index (χ1) is 9.33. The summed E-state index contributed by atoms with van der Waals surface area (Å²) >= 11 is 1.65. The summed E-state index contributed by atoms with van der Waals surface area (Å²) in [6.07, 6.45) is 0.769. The van der Waals surface area contributed by atoms with E-state index in [1.165, 1.54) is 11.1 Å². The van der Waals surface area contributed by atoms with Crippen LogP contribution in [0.15, 0.2) is 41.1 Å². The molecule has 2 heterocycles. The van der Waals surface area contributed by atoms with Crippen LogP contribution >= 0.6 is 11.3 Å². The molecule has 2 aromatic rings. The SMILES string of the molecule is O=C(NCc1ccsc1)[C@H]1Cc2ccccc2CN1. The first-order valence-corrected chi connectivity index (χ1v) is 7.36. The molecule has 1 aliphatic heterocycles. The maximum atomic E-state index is 12.1. The second-order valence-electron chi connectivity index (χ2n) is 4.76. The average molecular weight is 272 g/mol. The quantitative estimate of drug-likeness (QED) is 0.898. The van der Waals surface area contributed by atoms with Crippen molar-refractivity contribution in [2.75, 3.05) is 0 Å². The van der Waals surface area contributed by atoms with E-state index in [0.29, 0.717) is 6.54 Å². The Morgan fingerprint density at radius 1 is 1.32 bits per heavy atom. The Morgan fingerprint density at radius 2 is 2.16 bits per heavy atom. The van der Waals surface area contributed by atoms with Crippen molar-refractivity contribution in [2.45, 2.75) is 25.6 Å². The van der Waals surface area contributed by atoms with Crippen LogP contribution < -0.4 is 10.6 Å². The Kier molecular flexibility index (Phi) is 3.62. The lowest BCUT2D eigenvalue weighted by Gasteiger charge is -2.25. The van der Waals surface area contributed by atoms with E-state index >= 15 is 0 Å². The number of carbonyl (C=O) groups is 1. The molecule has 1 aromatic carbocycles. The van der Waals surface area contributed by atoms with Crippen molar-refractivity contribution < 1.29 is 4.79 Å². The number of amides is 1. The number of hydrogen-bond donors (Lipinski definition) is 2. The van der Waals surface area contributed by atoms with E-state index in [1.807, 2.05) is 23.6 Å². The summed E-state index contributed by atoms with van der Waals surface area (Å²) in [6, 6.07) is 10.2. The molecule has 0 bridgehead atoms. The van der Waals surface area contributed by atoms with E-state index in [2.05, 4.69) is 28.1 Å². The van der Waals surface area contributed by atoms with Gasteiger partial charge < -0.3 is 10.6 Å². The zero-order chi connectivity index (χ0) is 13.1. The third-order valence-electron chi connectivity index (χ3n) is 3.44. The first-order valence-electron chi connectivity index (χ1n) is 6.42. The van der Waals surface area contributed by atoms with E-state index < -0.39 is 0 Å². The highest BCUT2D eigenvalue weighted by Crippen LogP contribution is 2.16. The van der Waals surface area contributed by atoms with Crippen LogP contribution in [-0.2, 0) is 24.3 Å². The number of thiophene rings is 1. The van der Waals surface area contributed by atoms with Gasteiger partial charge in [0.15, 0.2) is 0 Å². The smallest absolute Gasteiger partial charge is 0.237 e. The highest BCUT2D eigenvalue weighted by molar-refractivity contribution is 7.07. The summed E-state index contributed by atoms with van der Waals surface area (Å²) < 4.78 is 0. The van der Waals surface area contributed by atoms with Gasteiger partial charge >= 0.3 is 0 Å². The van der Waals surface area contributed by atoms with Crippen LogP contribution in [0.25, 0.3) is 0 Å². The highest BCUT2D eigenvalue weighted by atomic mass is 32.1. The largest absolute Gasteiger partial charge is 0.351 e. The number of hydrogen-bond acceptors (Lipinski definition) is 3. The topological polar surface area (TPSA) is 41.1 Å². The molecule has 3 nitrogen and oxygen atoms in total. The summed E-state index contributed by atoms with van der Waals surface area (Å²) in [7, 11) is 0. The maximum absolute atomic E-state index is 12.1. The summed E-state index contributed by atoms with van der Waals surface area (Å²) in [4.78, 5) is 12.1. The van der Waals surface area contributed by atoms with Crippen molar-refractivity contribution in [3.63, 3.8) is 0 Å². The average Bonchev–Trinajstić information content (AvgIpc) is 2.97. The summed E-state index contributed by atoms with van der Waals surface area (Å²) in [5.41, 5.74) is 3.73. The van der Waals surface area contributed by atoms with Gasteiger partial charge in [-0.05, 0) is 39.9 Å². The molecule has 4 heteroatoms. The van der Waals surface area contributed by atoms with E-state index in [1.54, 1.807) is 11.3 Å². The molecular formula is C15H16N2OS. The first kappa shape index (κ1) is 12.4. The number of rotatable bonds is 3. The second kappa shape index (κ2) is 5.55. The van der Waals surface area contributed by atoms with Crippen molar-refractivity contribution in [2.24, 2.45) is 0 Å². The number of nitrogens with one attached hydrogen (secondary N) is 2. The van der Waals surface area contributed by atoms with Gasteiger partial charge in [0.25, 0.3) is 0 Å². The fraction of sp³-hybridized carbons (Fsp3) is 0.267. The van der Waals surface area contributed by atoms with Crippen LogP contribution in [0.3, 0.4) is 0 Å². The molecule has 1 amide bonds. The molecule has 1 aliphatic rings. The summed E-state index contributed by atoms with van der Waals surface area (Å²) in [5, 5.41) is 10.4.